The fraction of sp³-hybridized carbons (Fsp3) is 0.483. The van der Waals surface area contributed by atoms with Gasteiger partial charge in [0.15, 0.2) is 0 Å². The van der Waals surface area contributed by atoms with Crippen LogP contribution in [-0.2, 0) is 14.4 Å². The molecule has 3 fully saturated rings. The van der Waals surface area contributed by atoms with Crippen molar-refractivity contribution >= 4 is 52.5 Å². The predicted octanol–water partition coefficient (Wildman–Crippen LogP) is 4.49. The summed E-state index contributed by atoms with van der Waals surface area (Å²) in [6.45, 7) is 5.93. The maximum Gasteiger partial charge on any atom is 0.248 e. The summed E-state index contributed by atoms with van der Waals surface area (Å²) >= 11 is 8.01. The number of thioether (sulfide) groups is 1. The van der Waals surface area contributed by atoms with E-state index in [2.05, 4.69) is 10.6 Å². The van der Waals surface area contributed by atoms with Crippen LogP contribution in [0.15, 0.2) is 42.5 Å². The molecule has 208 valence electrons. The first-order valence-electron chi connectivity index (χ1n) is 13.5. The molecule has 3 saturated heterocycles. The van der Waals surface area contributed by atoms with Gasteiger partial charge < -0.3 is 25.4 Å². The maximum atomic E-state index is 14.1. The number of likely N-dealkylation sites (tertiary alicyclic amines) is 1. The molecule has 39 heavy (non-hydrogen) atoms. The van der Waals surface area contributed by atoms with Gasteiger partial charge in [0.2, 0.25) is 17.7 Å². The number of rotatable bonds is 9. The number of ether oxygens (including phenoxy) is 1. The van der Waals surface area contributed by atoms with Gasteiger partial charge in [-0.25, -0.2) is 0 Å². The van der Waals surface area contributed by atoms with Crippen molar-refractivity contribution in [2.24, 2.45) is 11.8 Å². The van der Waals surface area contributed by atoms with Crippen LogP contribution in [0.1, 0.15) is 38.7 Å². The van der Waals surface area contributed by atoms with Gasteiger partial charge in [-0.2, -0.15) is 0 Å². The summed E-state index contributed by atoms with van der Waals surface area (Å²) in [6, 6.07) is 11.2. The summed E-state index contributed by atoms with van der Waals surface area (Å²) < 4.78 is 4.73. The maximum absolute atomic E-state index is 14.1. The highest BCUT2D eigenvalue weighted by molar-refractivity contribution is 8.02. The van der Waals surface area contributed by atoms with E-state index in [1.54, 1.807) is 47.0 Å². The summed E-state index contributed by atoms with van der Waals surface area (Å²) in [4.78, 5) is 43.4. The molecule has 0 saturated carbocycles. The lowest BCUT2D eigenvalue weighted by atomic mass is 9.70. The molecule has 0 aromatic heterocycles. The Balaban J connectivity index is 1.47. The van der Waals surface area contributed by atoms with E-state index < -0.39 is 28.7 Å². The number of aryl methyl sites for hydroxylation is 1. The van der Waals surface area contributed by atoms with Crippen LogP contribution in [-0.4, -0.2) is 63.0 Å². The number of hydrogen-bond acceptors (Lipinski definition) is 6. The number of nitrogens with zero attached hydrogens (tertiary/aromatic N) is 1. The molecule has 2 aromatic carbocycles. The molecule has 3 aliphatic heterocycles. The van der Waals surface area contributed by atoms with Crippen LogP contribution in [0.5, 0.6) is 5.75 Å². The van der Waals surface area contributed by atoms with Crippen LogP contribution in [0, 0.1) is 18.8 Å². The summed E-state index contributed by atoms with van der Waals surface area (Å²) in [7, 11) is 0. The number of aliphatic hydroxyl groups excluding tert-OH is 1. The van der Waals surface area contributed by atoms with Gasteiger partial charge in [0.1, 0.15) is 11.8 Å². The van der Waals surface area contributed by atoms with Crippen LogP contribution in [0.3, 0.4) is 0 Å². The second kappa shape index (κ2) is 11.0. The van der Waals surface area contributed by atoms with Crippen molar-refractivity contribution in [3.8, 4) is 5.75 Å². The first-order valence-corrected chi connectivity index (χ1v) is 14.7. The van der Waals surface area contributed by atoms with Gasteiger partial charge in [-0.1, -0.05) is 30.7 Å². The highest BCUT2D eigenvalue weighted by atomic mass is 35.5. The average Bonchev–Trinajstić information content (AvgIpc) is 3.56. The summed E-state index contributed by atoms with van der Waals surface area (Å²) in [5.74, 6) is -1.34. The molecule has 3 amide bonds. The van der Waals surface area contributed by atoms with Gasteiger partial charge in [-0.3, -0.25) is 14.4 Å². The van der Waals surface area contributed by atoms with Crippen molar-refractivity contribution in [2.45, 2.75) is 62.1 Å². The molecule has 2 unspecified atom stereocenters. The van der Waals surface area contributed by atoms with E-state index in [4.69, 9.17) is 16.3 Å². The summed E-state index contributed by atoms with van der Waals surface area (Å²) in [5.41, 5.74) is 1.94. The minimum absolute atomic E-state index is 0.0737. The molecule has 3 aliphatic rings. The Kier molecular flexibility index (Phi) is 7.86. The molecule has 3 N–H and O–H groups in total. The summed E-state index contributed by atoms with van der Waals surface area (Å²) in [6.07, 6.45) is 1.86. The van der Waals surface area contributed by atoms with E-state index in [0.29, 0.717) is 41.6 Å². The number of para-hydroxylation sites is 1. The molecule has 1 spiro atoms. The second-order valence-corrected chi connectivity index (χ2v) is 12.4. The Labute approximate surface area is 237 Å². The summed E-state index contributed by atoms with van der Waals surface area (Å²) in [5, 5.41) is 16.5. The SMILES string of the molecule is CCOc1ccc(NC(=O)[C@@H]2[C@H]3C(=O)N([C@@H](CC)CO)C(C(=O)Nc4c(C)cccc4Cl)C34CC[C@H]2S4)cc1. The smallest absolute Gasteiger partial charge is 0.248 e. The van der Waals surface area contributed by atoms with Crippen molar-refractivity contribution in [1.82, 2.24) is 4.90 Å². The van der Waals surface area contributed by atoms with Gasteiger partial charge >= 0.3 is 0 Å². The predicted molar refractivity (Wildman–Crippen MR) is 153 cm³/mol. The number of nitrogens with one attached hydrogen (secondary N) is 2. The number of halogens is 1. The third-order valence-corrected chi connectivity index (χ3v) is 10.5. The van der Waals surface area contributed by atoms with Gasteiger partial charge in [0.05, 0.1) is 46.5 Å². The van der Waals surface area contributed by atoms with E-state index >= 15 is 0 Å². The van der Waals surface area contributed by atoms with Crippen LogP contribution in [0.25, 0.3) is 0 Å². The average molecular weight is 572 g/mol. The molecule has 5 rings (SSSR count). The van der Waals surface area contributed by atoms with Crippen LogP contribution >= 0.6 is 23.4 Å². The van der Waals surface area contributed by atoms with Crippen molar-refractivity contribution in [1.29, 1.82) is 0 Å². The van der Waals surface area contributed by atoms with E-state index in [-0.39, 0.29) is 29.6 Å². The van der Waals surface area contributed by atoms with E-state index in [0.717, 1.165) is 12.0 Å². The molecule has 6 atom stereocenters. The van der Waals surface area contributed by atoms with Crippen molar-refractivity contribution in [3.63, 3.8) is 0 Å². The van der Waals surface area contributed by atoms with Crippen LogP contribution in [0.2, 0.25) is 5.02 Å². The van der Waals surface area contributed by atoms with E-state index in [9.17, 15) is 19.5 Å². The monoisotopic (exact) mass is 571 g/mol. The molecule has 3 heterocycles. The molecule has 10 heteroatoms. The zero-order valence-corrected chi connectivity index (χ0v) is 23.8. The Hall–Kier alpha value is -2.75. The minimum Gasteiger partial charge on any atom is -0.494 e. The highest BCUT2D eigenvalue weighted by Crippen LogP contribution is 2.66. The Bertz CT molecular complexity index is 1250. The molecule has 2 aromatic rings. The molecular weight excluding hydrogens is 538 g/mol. The number of carbonyl (C=O) groups excluding carboxylic acids is 3. The lowest BCUT2D eigenvalue weighted by Crippen LogP contribution is -2.54. The number of amides is 3. The number of anilines is 2. The lowest BCUT2D eigenvalue weighted by molar-refractivity contribution is -0.141. The van der Waals surface area contributed by atoms with Crippen molar-refractivity contribution in [3.05, 3.63) is 53.1 Å². The Morgan fingerprint density at radius 2 is 1.92 bits per heavy atom. The Morgan fingerprint density at radius 1 is 1.18 bits per heavy atom. The standard InChI is InChI=1S/C29H34ClN3O5S/c1-4-18(15-34)33-25(27(36)32-24-16(3)7-6-8-20(24)30)29-14-13-21(39-29)22(23(29)28(33)37)26(35)31-17-9-11-19(12-10-17)38-5-2/h6-12,18,21-23,25,34H,4-5,13-15H2,1-3H3,(H,31,35)(H,32,36)/t18-,21+,22-,23-,25?,29?/m0/s1. The number of benzene rings is 2. The van der Waals surface area contributed by atoms with E-state index in [1.165, 1.54) is 0 Å². The molecule has 0 radical (unpaired) electrons. The van der Waals surface area contributed by atoms with Crippen LogP contribution in [0.4, 0.5) is 11.4 Å². The van der Waals surface area contributed by atoms with E-state index in [1.807, 2.05) is 32.9 Å². The molecule has 8 nitrogen and oxygen atoms in total. The molecule has 0 aliphatic carbocycles. The first-order chi connectivity index (χ1) is 18.7. The number of carbonyl (C=O) groups is 3. The number of aliphatic hydroxyl groups is 1. The van der Waals surface area contributed by atoms with Crippen LogP contribution < -0.4 is 15.4 Å². The number of fused-ring (bicyclic) bond motifs is 1. The van der Waals surface area contributed by atoms with Gasteiger partial charge in [-0.05, 0) is 69.0 Å². The molecular formula is C29H34ClN3O5S. The van der Waals surface area contributed by atoms with Crippen molar-refractivity contribution in [2.75, 3.05) is 23.8 Å². The quantitative estimate of drug-likeness (QED) is 0.409. The number of hydrogen-bond donors (Lipinski definition) is 3. The normalized spacial score (nSPS) is 27.8. The first kappa shape index (κ1) is 27.8. The van der Waals surface area contributed by atoms with Gasteiger partial charge in [0.25, 0.3) is 0 Å². The zero-order chi connectivity index (χ0) is 27.9. The zero-order valence-electron chi connectivity index (χ0n) is 22.3. The van der Waals surface area contributed by atoms with Crippen molar-refractivity contribution < 1.29 is 24.2 Å². The molecule has 2 bridgehead atoms. The Morgan fingerprint density at radius 3 is 2.56 bits per heavy atom. The largest absolute Gasteiger partial charge is 0.494 e. The fourth-order valence-corrected chi connectivity index (χ4v) is 8.98. The minimum atomic E-state index is -0.832. The topological polar surface area (TPSA) is 108 Å². The second-order valence-electron chi connectivity index (χ2n) is 10.4. The third-order valence-electron chi connectivity index (χ3n) is 8.27. The lowest BCUT2D eigenvalue weighted by Gasteiger charge is -2.36. The van der Waals surface area contributed by atoms with Gasteiger partial charge in [-0.15, -0.1) is 11.8 Å². The third kappa shape index (κ3) is 4.68. The highest BCUT2D eigenvalue weighted by Gasteiger charge is 2.74. The van der Waals surface area contributed by atoms with Gasteiger partial charge in [0, 0.05) is 10.9 Å². The fourth-order valence-electron chi connectivity index (χ4n) is 6.51.